The molecule has 0 aromatic carbocycles. The molecule has 0 aliphatic carbocycles. The van der Waals surface area contributed by atoms with Crippen molar-refractivity contribution in [2.24, 2.45) is 5.92 Å². The molecule has 0 aromatic heterocycles. The molecule has 8 heavy (non-hydrogen) atoms. The molecule has 0 unspecified atom stereocenters. The van der Waals surface area contributed by atoms with Crippen LogP contribution in [0.15, 0.2) is 0 Å². The lowest BCUT2D eigenvalue weighted by atomic mass is 10.2. The van der Waals surface area contributed by atoms with E-state index in [1.807, 2.05) is 0 Å². The zero-order chi connectivity index (χ0) is 6.41. The number of hydrogen-bond donors (Lipinski definition) is 1. The predicted octanol–water partition coefficient (Wildman–Crippen LogP) is 0.754. The second kappa shape index (κ2) is 5.32. The van der Waals surface area contributed by atoms with Crippen molar-refractivity contribution in [1.29, 1.82) is 0 Å². The molecule has 0 atom stereocenters. The van der Waals surface area contributed by atoms with E-state index in [1.54, 1.807) is 0 Å². The van der Waals surface area contributed by atoms with Gasteiger partial charge in [-0.3, -0.25) is 0 Å². The summed E-state index contributed by atoms with van der Waals surface area (Å²) in [5, 5.41) is 0. The normalized spacial score (nSPS) is 12.0. The minimum absolute atomic E-state index is 0.129. The van der Waals surface area contributed by atoms with E-state index in [9.17, 15) is 0 Å². The monoisotopic (exact) mass is 131 g/mol. The number of hydrogen-bond acceptors (Lipinski definition) is 1. The summed E-state index contributed by atoms with van der Waals surface area (Å²) in [7, 11) is 0.129. The van der Waals surface area contributed by atoms with Crippen molar-refractivity contribution in [3.05, 3.63) is 0 Å². The van der Waals surface area contributed by atoms with Gasteiger partial charge in [-0.05, 0) is 12.5 Å². The van der Waals surface area contributed by atoms with Crippen LogP contribution in [0, 0.1) is 5.92 Å². The zero-order valence-electron chi connectivity index (χ0n) is 6.20. The molecule has 50 valence electrons. The minimum Gasteiger partial charge on any atom is -0.342 e. The first-order valence-electron chi connectivity index (χ1n) is 3.48. The molecule has 0 fully saturated rings. The summed E-state index contributed by atoms with van der Waals surface area (Å²) in [5.74, 6) is 0.828. The lowest BCUT2D eigenvalue weighted by Gasteiger charge is -2.03. The van der Waals surface area contributed by atoms with E-state index in [-0.39, 0.29) is 9.68 Å². The lowest BCUT2D eigenvalue weighted by molar-refractivity contribution is 0.632. The summed E-state index contributed by atoms with van der Waals surface area (Å²) in [6.45, 7) is 7.97. The highest BCUT2D eigenvalue weighted by molar-refractivity contribution is 6.31. The van der Waals surface area contributed by atoms with Gasteiger partial charge in [-0.15, -0.1) is 0 Å². The smallest absolute Gasteiger partial charge is 0.0913 e. The molecule has 0 radical (unpaired) electrons. The molecule has 0 heterocycles. The summed E-state index contributed by atoms with van der Waals surface area (Å²) in [6, 6.07) is 1.38. The molecule has 2 heteroatoms. The van der Waals surface area contributed by atoms with Crippen molar-refractivity contribution in [2.45, 2.75) is 26.8 Å². The Morgan fingerprint density at radius 2 is 2.12 bits per heavy atom. The van der Waals surface area contributed by atoms with Gasteiger partial charge in [-0.2, -0.15) is 0 Å². The highest BCUT2D eigenvalue weighted by Crippen LogP contribution is 1.85. The fourth-order valence-electron chi connectivity index (χ4n) is 0.568. The standard InChI is InChI=1S/C6H17NSi/c1-4-8-7-5-6(2)3/h6-7H,4-5,8H2,1-3H3. The maximum Gasteiger partial charge on any atom is 0.0913 e. The average Bonchev–Trinajstić information content (AvgIpc) is 1.66. The van der Waals surface area contributed by atoms with Crippen LogP contribution in [0.1, 0.15) is 20.8 Å². The van der Waals surface area contributed by atoms with Gasteiger partial charge in [0.05, 0.1) is 9.68 Å². The molecule has 0 aliphatic rings. The van der Waals surface area contributed by atoms with Crippen molar-refractivity contribution in [1.82, 2.24) is 4.98 Å². The molecule has 0 spiro atoms. The lowest BCUT2D eigenvalue weighted by Crippen LogP contribution is -2.22. The van der Waals surface area contributed by atoms with Crippen molar-refractivity contribution < 1.29 is 0 Å². The van der Waals surface area contributed by atoms with Crippen LogP contribution >= 0.6 is 0 Å². The van der Waals surface area contributed by atoms with E-state index in [0.717, 1.165) is 5.92 Å². The molecular weight excluding hydrogens is 114 g/mol. The summed E-state index contributed by atoms with van der Waals surface area (Å²) in [4.78, 5) is 3.47. The molecular formula is C6H17NSi. The van der Waals surface area contributed by atoms with E-state index in [0.29, 0.717) is 0 Å². The van der Waals surface area contributed by atoms with Crippen LogP contribution in [0.5, 0.6) is 0 Å². The zero-order valence-corrected chi connectivity index (χ0v) is 7.61. The third-order valence-electron chi connectivity index (χ3n) is 0.979. The van der Waals surface area contributed by atoms with Crippen molar-refractivity contribution in [2.75, 3.05) is 6.54 Å². The molecule has 0 rings (SSSR count). The maximum atomic E-state index is 3.47. The molecule has 1 nitrogen and oxygen atoms in total. The maximum absolute atomic E-state index is 3.47. The summed E-state index contributed by atoms with van der Waals surface area (Å²) in [6.07, 6.45) is 0. The number of nitrogens with one attached hydrogen (secondary N) is 1. The van der Waals surface area contributed by atoms with Gasteiger partial charge in [0.15, 0.2) is 0 Å². The predicted molar refractivity (Wildman–Crippen MR) is 41.9 cm³/mol. The third-order valence-corrected chi connectivity index (χ3v) is 2.12. The Morgan fingerprint density at radius 3 is 2.50 bits per heavy atom. The molecule has 0 saturated carbocycles. The Kier molecular flexibility index (Phi) is 5.43. The molecule has 0 bridgehead atoms. The molecule has 0 aliphatic heterocycles. The van der Waals surface area contributed by atoms with Gasteiger partial charge in [0.1, 0.15) is 0 Å². The SMILES string of the molecule is CC[SiH2]NCC(C)C. The van der Waals surface area contributed by atoms with Gasteiger partial charge in [0, 0.05) is 0 Å². The van der Waals surface area contributed by atoms with Gasteiger partial charge in [0.2, 0.25) is 0 Å². The van der Waals surface area contributed by atoms with Crippen LogP contribution in [0.4, 0.5) is 0 Å². The van der Waals surface area contributed by atoms with Crippen LogP contribution in [-0.4, -0.2) is 16.2 Å². The quantitative estimate of drug-likeness (QED) is 0.438. The van der Waals surface area contributed by atoms with Crippen LogP contribution in [0.3, 0.4) is 0 Å². The Bertz CT molecular complexity index is 45.8. The molecule has 1 N–H and O–H groups in total. The van der Waals surface area contributed by atoms with Crippen molar-refractivity contribution >= 4 is 9.68 Å². The topological polar surface area (TPSA) is 12.0 Å². The summed E-state index contributed by atoms with van der Waals surface area (Å²) < 4.78 is 0. The second-order valence-electron chi connectivity index (χ2n) is 2.60. The van der Waals surface area contributed by atoms with Gasteiger partial charge < -0.3 is 4.98 Å². The van der Waals surface area contributed by atoms with E-state index in [2.05, 4.69) is 25.8 Å². The molecule has 0 aromatic rings. The van der Waals surface area contributed by atoms with E-state index in [1.165, 1.54) is 12.6 Å². The summed E-state index contributed by atoms with van der Waals surface area (Å²) in [5.41, 5.74) is 0. The first-order valence-corrected chi connectivity index (χ1v) is 5.18. The Hall–Kier alpha value is 0.177. The van der Waals surface area contributed by atoms with Gasteiger partial charge in [-0.25, -0.2) is 0 Å². The highest BCUT2D eigenvalue weighted by Gasteiger charge is 1.89. The first kappa shape index (κ1) is 8.18. The van der Waals surface area contributed by atoms with Gasteiger partial charge >= 0.3 is 0 Å². The van der Waals surface area contributed by atoms with Crippen molar-refractivity contribution in [3.8, 4) is 0 Å². The van der Waals surface area contributed by atoms with Crippen LogP contribution in [0.25, 0.3) is 0 Å². The fraction of sp³-hybridized carbons (Fsp3) is 1.00. The third kappa shape index (κ3) is 6.18. The molecule has 0 saturated heterocycles. The first-order chi connectivity index (χ1) is 3.77. The Labute approximate surface area is 54.8 Å². The van der Waals surface area contributed by atoms with Gasteiger partial charge in [-0.1, -0.05) is 26.8 Å². The number of rotatable bonds is 4. The van der Waals surface area contributed by atoms with Crippen LogP contribution < -0.4 is 4.98 Å². The van der Waals surface area contributed by atoms with E-state index >= 15 is 0 Å². The fourth-order valence-corrected chi connectivity index (χ4v) is 1.70. The summed E-state index contributed by atoms with van der Waals surface area (Å²) >= 11 is 0. The van der Waals surface area contributed by atoms with Crippen LogP contribution in [0.2, 0.25) is 6.04 Å². The van der Waals surface area contributed by atoms with E-state index in [4.69, 9.17) is 0 Å². The highest BCUT2D eigenvalue weighted by atomic mass is 28.2. The second-order valence-corrected chi connectivity index (χ2v) is 4.60. The Morgan fingerprint density at radius 1 is 1.50 bits per heavy atom. The van der Waals surface area contributed by atoms with E-state index < -0.39 is 0 Å². The van der Waals surface area contributed by atoms with Gasteiger partial charge in [0.25, 0.3) is 0 Å². The van der Waals surface area contributed by atoms with Crippen LogP contribution in [-0.2, 0) is 0 Å². The van der Waals surface area contributed by atoms with Crippen molar-refractivity contribution in [3.63, 3.8) is 0 Å². The average molecular weight is 131 g/mol. The Balaban J connectivity index is 2.72. The largest absolute Gasteiger partial charge is 0.342 e. The molecule has 0 amide bonds. The minimum atomic E-state index is 0.129.